The van der Waals surface area contributed by atoms with E-state index in [2.05, 4.69) is 32.9 Å². The summed E-state index contributed by atoms with van der Waals surface area (Å²) >= 11 is 8.42. The van der Waals surface area contributed by atoms with Crippen molar-refractivity contribution in [2.24, 2.45) is 4.99 Å². The van der Waals surface area contributed by atoms with E-state index in [1.54, 1.807) is 0 Å². The molecule has 1 aromatic carbocycles. The van der Waals surface area contributed by atoms with Crippen LogP contribution in [-0.2, 0) is 0 Å². The van der Waals surface area contributed by atoms with Crippen LogP contribution in [0.3, 0.4) is 0 Å². The maximum Gasteiger partial charge on any atom is 0.101 e. The highest BCUT2D eigenvalue weighted by atomic mass is 127. The minimum atomic E-state index is 0.763. The zero-order valence-corrected chi connectivity index (χ0v) is 11.9. The van der Waals surface area contributed by atoms with Crippen molar-refractivity contribution in [3.05, 3.63) is 26.8 Å². The van der Waals surface area contributed by atoms with Gasteiger partial charge in [-0.05, 0) is 53.6 Å². The lowest BCUT2D eigenvalue weighted by molar-refractivity contribution is 0.731. The molecule has 1 aliphatic heterocycles. The summed E-state index contributed by atoms with van der Waals surface area (Å²) in [4.78, 5) is 4.53. The van der Waals surface area contributed by atoms with Crippen molar-refractivity contribution in [1.29, 1.82) is 0 Å². The molecule has 0 aromatic heterocycles. The molecule has 0 saturated carbocycles. The van der Waals surface area contributed by atoms with Gasteiger partial charge >= 0.3 is 0 Å². The van der Waals surface area contributed by atoms with E-state index in [0.717, 1.165) is 33.1 Å². The fourth-order valence-corrected chi connectivity index (χ4v) is 2.63. The zero-order valence-electron chi connectivity index (χ0n) is 8.97. The van der Waals surface area contributed by atoms with Crippen LogP contribution < -0.4 is 5.32 Å². The summed E-state index contributed by atoms with van der Waals surface area (Å²) in [5.74, 6) is 1.07. The number of nitrogens with zero attached hydrogens (tertiary/aromatic N) is 1. The molecule has 1 aromatic rings. The summed E-state index contributed by atoms with van der Waals surface area (Å²) in [5.41, 5.74) is 0.961. The summed E-state index contributed by atoms with van der Waals surface area (Å²) < 4.78 is 1.15. The van der Waals surface area contributed by atoms with Gasteiger partial charge in [-0.2, -0.15) is 0 Å². The Bertz CT molecular complexity index is 404. The average Bonchev–Trinajstić information content (AvgIpc) is 2.51. The first-order chi connectivity index (χ1) is 7.75. The molecule has 4 heteroatoms. The minimum absolute atomic E-state index is 0.763. The number of benzene rings is 1. The smallest absolute Gasteiger partial charge is 0.101 e. The van der Waals surface area contributed by atoms with Crippen LogP contribution in [0.15, 0.2) is 23.2 Å². The van der Waals surface area contributed by atoms with Crippen LogP contribution >= 0.6 is 34.2 Å². The Balaban J connectivity index is 2.10. The van der Waals surface area contributed by atoms with E-state index in [-0.39, 0.29) is 0 Å². The van der Waals surface area contributed by atoms with Gasteiger partial charge < -0.3 is 5.32 Å². The molecule has 86 valence electrons. The van der Waals surface area contributed by atoms with Gasteiger partial charge in [-0.15, -0.1) is 0 Å². The normalized spacial score (nSPS) is 16.5. The van der Waals surface area contributed by atoms with E-state index in [4.69, 9.17) is 11.6 Å². The number of anilines is 1. The van der Waals surface area contributed by atoms with E-state index in [1.807, 2.05) is 18.2 Å². The van der Waals surface area contributed by atoms with Crippen LogP contribution in [0.5, 0.6) is 0 Å². The molecule has 0 bridgehead atoms. The molecule has 1 aliphatic rings. The van der Waals surface area contributed by atoms with Gasteiger partial charge in [-0.1, -0.05) is 18.0 Å². The predicted octanol–water partition coefficient (Wildman–Crippen LogP) is 4.33. The van der Waals surface area contributed by atoms with Crippen molar-refractivity contribution < 1.29 is 0 Å². The third-order valence-corrected chi connectivity index (χ3v) is 3.57. The van der Waals surface area contributed by atoms with Crippen LogP contribution in [0, 0.1) is 3.57 Å². The molecule has 0 unspecified atom stereocenters. The van der Waals surface area contributed by atoms with Crippen LogP contribution in [0.1, 0.15) is 25.7 Å². The number of nitrogens with one attached hydrogen (secondary N) is 1. The molecular weight excluding hydrogens is 335 g/mol. The number of aliphatic imine (C=N–C) groups is 1. The number of halogens is 2. The molecule has 1 heterocycles. The molecule has 0 atom stereocenters. The van der Waals surface area contributed by atoms with Crippen LogP contribution in [0.4, 0.5) is 5.69 Å². The van der Waals surface area contributed by atoms with E-state index in [9.17, 15) is 0 Å². The number of hydrogen-bond donors (Lipinski definition) is 1. The highest BCUT2D eigenvalue weighted by molar-refractivity contribution is 14.1. The molecule has 1 N–H and O–H groups in total. The standard InChI is InChI=1S/C12H14ClIN2/c13-10-8-9(14)5-6-11(10)16-12-4-2-1-3-7-15-12/h5-6,8H,1-4,7H2,(H,15,16). The van der Waals surface area contributed by atoms with Gasteiger partial charge in [0.25, 0.3) is 0 Å². The van der Waals surface area contributed by atoms with Gasteiger partial charge in [-0.25, -0.2) is 0 Å². The van der Waals surface area contributed by atoms with Crippen molar-refractivity contribution >= 4 is 45.7 Å². The second-order valence-electron chi connectivity index (χ2n) is 3.89. The van der Waals surface area contributed by atoms with Gasteiger partial charge in [0.05, 0.1) is 10.7 Å². The first-order valence-corrected chi connectivity index (χ1v) is 6.97. The van der Waals surface area contributed by atoms with Crippen molar-refractivity contribution in [1.82, 2.24) is 0 Å². The lowest BCUT2D eigenvalue weighted by atomic mass is 10.2. The first kappa shape index (κ1) is 12.2. The van der Waals surface area contributed by atoms with E-state index >= 15 is 0 Å². The minimum Gasteiger partial charge on any atom is -0.343 e. The molecular formula is C12H14ClIN2. The molecule has 0 fully saturated rings. The van der Waals surface area contributed by atoms with Gasteiger partial charge in [0.15, 0.2) is 0 Å². The molecule has 0 saturated heterocycles. The summed E-state index contributed by atoms with van der Waals surface area (Å²) in [6.45, 7) is 0.935. The predicted molar refractivity (Wildman–Crippen MR) is 78.6 cm³/mol. The molecule has 2 rings (SSSR count). The average molecular weight is 349 g/mol. The van der Waals surface area contributed by atoms with Gasteiger partial charge in [-0.3, -0.25) is 4.99 Å². The first-order valence-electron chi connectivity index (χ1n) is 5.51. The molecule has 2 nitrogen and oxygen atoms in total. The lowest BCUT2D eigenvalue weighted by Gasteiger charge is -2.10. The highest BCUT2D eigenvalue weighted by Crippen LogP contribution is 2.24. The zero-order chi connectivity index (χ0) is 11.4. The Morgan fingerprint density at radius 3 is 2.94 bits per heavy atom. The Morgan fingerprint density at radius 1 is 1.25 bits per heavy atom. The summed E-state index contributed by atoms with van der Waals surface area (Å²) in [6.07, 6.45) is 4.72. The van der Waals surface area contributed by atoms with Crippen LogP contribution in [0.25, 0.3) is 0 Å². The number of hydrogen-bond acceptors (Lipinski definition) is 2. The van der Waals surface area contributed by atoms with E-state index in [1.165, 1.54) is 19.3 Å². The quantitative estimate of drug-likeness (QED) is 0.751. The molecule has 0 aliphatic carbocycles. The summed E-state index contributed by atoms with van der Waals surface area (Å²) in [7, 11) is 0. The fourth-order valence-electron chi connectivity index (χ4n) is 1.72. The van der Waals surface area contributed by atoms with E-state index < -0.39 is 0 Å². The second kappa shape index (κ2) is 5.87. The Hall–Kier alpha value is -0.290. The molecule has 0 spiro atoms. The number of rotatable bonds is 1. The monoisotopic (exact) mass is 348 g/mol. The van der Waals surface area contributed by atoms with Gasteiger partial charge in [0.2, 0.25) is 0 Å². The third kappa shape index (κ3) is 3.35. The third-order valence-electron chi connectivity index (χ3n) is 2.58. The van der Waals surface area contributed by atoms with Crippen molar-refractivity contribution in [3.8, 4) is 0 Å². The van der Waals surface area contributed by atoms with Gasteiger partial charge in [0.1, 0.15) is 5.84 Å². The maximum atomic E-state index is 6.17. The fraction of sp³-hybridized carbons (Fsp3) is 0.417. The van der Waals surface area contributed by atoms with E-state index in [0.29, 0.717) is 0 Å². The second-order valence-corrected chi connectivity index (χ2v) is 5.54. The highest BCUT2D eigenvalue weighted by Gasteiger charge is 2.06. The lowest BCUT2D eigenvalue weighted by Crippen LogP contribution is -2.11. The molecule has 16 heavy (non-hydrogen) atoms. The molecule has 0 radical (unpaired) electrons. The SMILES string of the molecule is Clc1cc(I)ccc1NC1=NCCCCC1. The van der Waals surface area contributed by atoms with Gasteiger partial charge in [0, 0.05) is 16.5 Å². The van der Waals surface area contributed by atoms with Crippen molar-refractivity contribution in [3.63, 3.8) is 0 Å². The molecule has 0 amide bonds. The van der Waals surface area contributed by atoms with Crippen LogP contribution in [-0.4, -0.2) is 12.4 Å². The largest absolute Gasteiger partial charge is 0.343 e. The maximum absolute atomic E-state index is 6.17. The number of amidine groups is 1. The van der Waals surface area contributed by atoms with Crippen molar-refractivity contribution in [2.75, 3.05) is 11.9 Å². The van der Waals surface area contributed by atoms with Crippen molar-refractivity contribution in [2.45, 2.75) is 25.7 Å². The summed E-state index contributed by atoms with van der Waals surface area (Å²) in [6, 6.07) is 6.02. The topological polar surface area (TPSA) is 24.4 Å². The van der Waals surface area contributed by atoms with Crippen LogP contribution in [0.2, 0.25) is 5.02 Å². The Morgan fingerprint density at radius 2 is 2.12 bits per heavy atom. The summed E-state index contributed by atoms with van der Waals surface area (Å²) in [5, 5.41) is 4.09. The Kier molecular flexibility index (Phi) is 4.46. The Labute approximate surface area is 115 Å².